The number of pyridine rings is 2. The molecule has 3 aromatic heterocycles. The third-order valence-corrected chi connectivity index (χ3v) is 4.53. The van der Waals surface area contributed by atoms with Crippen LogP contribution in [0, 0.1) is 10.1 Å². The molecule has 1 aromatic carbocycles. The minimum absolute atomic E-state index is 0.0751. The summed E-state index contributed by atoms with van der Waals surface area (Å²) < 4.78 is 7.75. The van der Waals surface area contributed by atoms with E-state index in [1.54, 1.807) is 6.20 Å². The molecule has 0 saturated heterocycles. The molecule has 0 saturated carbocycles. The molecule has 0 bridgehead atoms. The number of ether oxygens (including phenoxy) is 1. The number of nitrogens with zero attached hydrogens (tertiary/aromatic N) is 4. The van der Waals surface area contributed by atoms with Gasteiger partial charge in [0.1, 0.15) is 16.4 Å². The number of aromatic nitrogens is 3. The molecular formula is C19H14ClN5O3. The number of halogens is 1. The van der Waals surface area contributed by atoms with Crippen molar-refractivity contribution in [2.24, 2.45) is 0 Å². The van der Waals surface area contributed by atoms with Crippen LogP contribution >= 0.6 is 11.6 Å². The Morgan fingerprint density at radius 3 is 2.68 bits per heavy atom. The van der Waals surface area contributed by atoms with Crippen molar-refractivity contribution in [3.05, 3.63) is 76.2 Å². The van der Waals surface area contributed by atoms with Crippen LogP contribution in [0.25, 0.3) is 16.7 Å². The maximum atomic E-state index is 11.1. The van der Waals surface area contributed by atoms with Crippen LogP contribution in [0.4, 0.5) is 11.5 Å². The van der Waals surface area contributed by atoms with Gasteiger partial charge in [0, 0.05) is 24.3 Å². The number of nitro groups is 1. The Labute approximate surface area is 164 Å². The Hall–Kier alpha value is -3.65. The summed E-state index contributed by atoms with van der Waals surface area (Å²) in [6.07, 6.45) is 4.72. The summed E-state index contributed by atoms with van der Waals surface area (Å²) in [5, 5.41) is 14.7. The van der Waals surface area contributed by atoms with Crippen molar-refractivity contribution in [3.63, 3.8) is 0 Å². The lowest BCUT2D eigenvalue weighted by Crippen LogP contribution is -2.01. The standard InChI is InChI=1S/C19H14ClN5O3/c1-21-17-16(20)15(11-23-19(17)25(26)27)28-14-9-12-7-8-24(18(12)22-10-14)13-5-3-2-4-6-13/h2-11,21H,1H3. The Kier molecular flexibility index (Phi) is 4.54. The topological polar surface area (TPSA) is 95.1 Å². The highest BCUT2D eigenvalue weighted by Crippen LogP contribution is 2.39. The van der Waals surface area contributed by atoms with E-state index in [-0.39, 0.29) is 22.3 Å². The second-order valence-corrected chi connectivity index (χ2v) is 6.23. The molecule has 1 N–H and O–H groups in total. The summed E-state index contributed by atoms with van der Waals surface area (Å²) in [6.45, 7) is 0. The average Bonchev–Trinajstić information content (AvgIpc) is 3.13. The van der Waals surface area contributed by atoms with Crippen molar-refractivity contribution in [1.29, 1.82) is 0 Å². The average molecular weight is 396 g/mol. The van der Waals surface area contributed by atoms with Crippen LogP contribution < -0.4 is 10.1 Å². The third-order valence-electron chi connectivity index (χ3n) is 4.15. The fourth-order valence-electron chi connectivity index (χ4n) is 2.88. The van der Waals surface area contributed by atoms with Crippen molar-refractivity contribution in [1.82, 2.24) is 14.5 Å². The van der Waals surface area contributed by atoms with Crippen molar-refractivity contribution < 1.29 is 9.66 Å². The van der Waals surface area contributed by atoms with E-state index in [0.717, 1.165) is 16.7 Å². The monoisotopic (exact) mass is 395 g/mol. The van der Waals surface area contributed by atoms with Crippen LogP contribution in [0.5, 0.6) is 11.5 Å². The molecule has 0 aliphatic carbocycles. The molecule has 0 amide bonds. The molecule has 140 valence electrons. The highest BCUT2D eigenvalue weighted by molar-refractivity contribution is 6.35. The summed E-state index contributed by atoms with van der Waals surface area (Å²) in [6, 6.07) is 13.6. The Morgan fingerprint density at radius 2 is 1.96 bits per heavy atom. The van der Waals surface area contributed by atoms with E-state index in [2.05, 4.69) is 15.3 Å². The molecule has 0 aliphatic rings. The van der Waals surface area contributed by atoms with Gasteiger partial charge in [0.05, 0.1) is 6.20 Å². The van der Waals surface area contributed by atoms with Gasteiger partial charge in [0.15, 0.2) is 17.6 Å². The van der Waals surface area contributed by atoms with Gasteiger partial charge in [-0.25, -0.2) is 4.98 Å². The predicted molar refractivity (Wildman–Crippen MR) is 107 cm³/mol. The maximum Gasteiger partial charge on any atom is 0.388 e. The number of rotatable bonds is 5. The van der Waals surface area contributed by atoms with Gasteiger partial charge in [-0.3, -0.25) is 0 Å². The normalized spacial score (nSPS) is 10.8. The van der Waals surface area contributed by atoms with E-state index in [1.807, 2.05) is 53.2 Å². The van der Waals surface area contributed by atoms with Crippen LogP contribution in [-0.4, -0.2) is 26.5 Å². The number of para-hydroxylation sites is 1. The highest BCUT2D eigenvalue weighted by atomic mass is 35.5. The van der Waals surface area contributed by atoms with Gasteiger partial charge >= 0.3 is 5.82 Å². The smallest absolute Gasteiger partial charge is 0.388 e. The number of nitrogens with one attached hydrogen (secondary N) is 1. The van der Waals surface area contributed by atoms with Crippen LogP contribution in [0.2, 0.25) is 5.02 Å². The summed E-state index contributed by atoms with van der Waals surface area (Å²) in [7, 11) is 1.53. The number of fused-ring (bicyclic) bond motifs is 1. The molecule has 0 atom stereocenters. The molecular weight excluding hydrogens is 382 g/mol. The maximum absolute atomic E-state index is 11.1. The van der Waals surface area contributed by atoms with E-state index in [9.17, 15) is 10.1 Å². The van der Waals surface area contributed by atoms with Crippen molar-refractivity contribution in [2.75, 3.05) is 12.4 Å². The lowest BCUT2D eigenvalue weighted by molar-refractivity contribution is -0.388. The van der Waals surface area contributed by atoms with Gasteiger partial charge in [-0.1, -0.05) is 29.8 Å². The van der Waals surface area contributed by atoms with Gasteiger partial charge in [-0.15, -0.1) is 0 Å². The van der Waals surface area contributed by atoms with Crippen LogP contribution in [0.3, 0.4) is 0 Å². The zero-order chi connectivity index (χ0) is 19.7. The number of hydrogen-bond donors (Lipinski definition) is 1. The predicted octanol–water partition coefficient (Wildman–Crippen LogP) is 4.82. The summed E-state index contributed by atoms with van der Waals surface area (Å²) in [4.78, 5) is 18.7. The van der Waals surface area contributed by atoms with Gasteiger partial charge in [-0.2, -0.15) is 0 Å². The first-order chi connectivity index (χ1) is 13.6. The fourth-order valence-corrected chi connectivity index (χ4v) is 3.14. The highest BCUT2D eigenvalue weighted by Gasteiger charge is 2.22. The largest absolute Gasteiger partial charge is 0.450 e. The van der Waals surface area contributed by atoms with Crippen molar-refractivity contribution in [3.8, 4) is 17.2 Å². The van der Waals surface area contributed by atoms with E-state index < -0.39 is 4.92 Å². The first-order valence-electron chi connectivity index (χ1n) is 8.29. The molecule has 8 nitrogen and oxygen atoms in total. The molecule has 0 radical (unpaired) electrons. The Morgan fingerprint density at radius 1 is 1.18 bits per heavy atom. The lowest BCUT2D eigenvalue weighted by Gasteiger charge is -2.10. The van der Waals surface area contributed by atoms with Gasteiger partial charge in [0.2, 0.25) is 0 Å². The summed E-state index contributed by atoms with van der Waals surface area (Å²) in [5.41, 5.74) is 1.87. The molecule has 4 rings (SSSR count). The van der Waals surface area contributed by atoms with Crippen LogP contribution in [0.15, 0.2) is 61.1 Å². The van der Waals surface area contributed by atoms with Gasteiger partial charge in [-0.05, 0) is 34.2 Å². The minimum atomic E-state index is -0.610. The lowest BCUT2D eigenvalue weighted by atomic mass is 10.3. The summed E-state index contributed by atoms with van der Waals surface area (Å²) in [5.74, 6) is 0.270. The Balaban J connectivity index is 1.69. The van der Waals surface area contributed by atoms with Crippen LogP contribution in [0.1, 0.15) is 0 Å². The number of hydrogen-bond acceptors (Lipinski definition) is 6. The molecule has 28 heavy (non-hydrogen) atoms. The molecule has 4 aromatic rings. The molecule has 0 unspecified atom stereocenters. The SMILES string of the molecule is CNc1c([N+](=O)[O-])ncc(Oc2cnc3c(ccn3-c3ccccc3)c2)c1Cl. The van der Waals surface area contributed by atoms with Crippen molar-refractivity contribution >= 4 is 34.1 Å². The third kappa shape index (κ3) is 3.10. The first-order valence-corrected chi connectivity index (χ1v) is 8.67. The summed E-state index contributed by atoms with van der Waals surface area (Å²) >= 11 is 6.25. The zero-order valence-electron chi connectivity index (χ0n) is 14.7. The van der Waals surface area contributed by atoms with Crippen LogP contribution in [-0.2, 0) is 0 Å². The quantitative estimate of drug-likeness (QED) is 0.384. The molecule has 3 heterocycles. The van der Waals surface area contributed by atoms with E-state index in [1.165, 1.54) is 13.2 Å². The second kappa shape index (κ2) is 7.16. The van der Waals surface area contributed by atoms with Gasteiger partial charge in [0.25, 0.3) is 0 Å². The molecule has 0 spiro atoms. The zero-order valence-corrected chi connectivity index (χ0v) is 15.4. The van der Waals surface area contributed by atoms with E-state index in [0.29, 0.717) is 5.75 Å². The fraction of sp³-hybridized carbons (Fsp3) is 0.0526. The molecule has 0 fully saturated rings. The van der Waals surface area contributed by atoms with Crippen molar-refractivity contribution in [2.45, 2.75) is 0 Å². The van der Waals surface area contributed by atoms with Gasteiger partial charge < -0.3 is 24.7 Å². The van der Waals surface area contributed by atoms with E-state index >= 15 is 0 Å². The number of anilines is 1. The first kappa shape index (κ1) is 17.7. The molecule has 0 aliphatic heterocycles. The van der Waals surface area contributed by atoms with E-state index in [4.69, 9.17) is 16.3 Å². The second-order valence-electron chi connectivity index (χ2n) is 5.85. The Bertz CT molecular complexity index is 1180. The number of benzene rings is 1. The molecule has 9 heteroatoms. The minimum Gasteiger partial charge on any atom is -0.450 e.